The molecule has 0 radical (unpaired) electrons. The summed E-state index contributed by atoms with van der Waals surface area (Å²) in [5.74, 6) is 0.476. The second kappa shape index (κ2) is 6.42. The van der Waals surface area contributed by atoms with Gasteiger partial charge in [-0.3, -0.25) is 0 Å². The monoisotopic (exact) mass is 235 g/mol. The Morgan fingerprint density at radius 1 is 1.27 bits per heavy atom. The minimum Gasteiger partial charge on any atom is -0.317 e. The minimum absolute atomic E-state index is 0.476. The lowest BCUT2D eigenvalue weighted by molar-refractivity contribution is 0.372. The first-order valence-corrected chi connectivity index (χ1v) is 7.07. The summed E-state index contributed by atoms with van der Waals surface area (Å²) in [5.41, 5.74) is 0. The molecule has 5 nitrogen and oxygen atoms in total. The van der Waals surface area contributed by atoms with Crippen molar-refractivity contribution in [1.82, 2.24) is 14.8 Å². The summed E-state index contributed by atoms with van der Waals surface area (Å²) < 4.78 is 27.9. The lowest BCUT2D eigenvalue weighted by Gasteiger charge is -2.22. The molecular weight excluding hydrogens is 214 g/mol. The molecule has 0 spiro atoms. The van der Waals surface area contributed by atoms with Crippen LogP contribution in [0.25, 0.3) is 0 Å². The van der Waals surface area contributed by atoms with E-state index in [-0.39, 0.29) is 0 Å². The Labute approximate surface area is 92.2 Å². The maximum atomic E-state index is 11.4. The van der Waals surface area contributed by atoms with Crippen molar-refractivity contribution in [2.24, 2.45) is 5.92 Å². The number of piperidine rings is 1. The van der Waals surface area contributed by atoms with Gasteiger partial charge < -0.3 is 5.32 Å². The highest BCUT2D eigenvalue weighted by molar-refractivity contribution is 7.87. The van der Waals surface area contributed by atoms with E-state index in [0.29, 0.717) is 19.0 Å². The molecule has 0 aromatic carbocycles. The van der Waals surface area contributed by atoms with E-state index < -0.39 is 10.2 Å². The Kier molecular flexibility index (Phi) is 5.52. The largest absolute Gasteiger partial charge is 0.317 e. The van der Waals surface area contributed by atoms with Crippen molar-refractivity contribution in [3.63, 3.8) is 0 Å². The molecule has 0 aromatic rings. The molecule has 1 fully saturated rings. The fourth-order valence-electron chi connectivity index (χ4n) is 1.60. The smallest absolute Gasteiger partial charge is 0.276 e. The van der Waals surface area contributed by atoms with E-state index in [9.17, 15) is 8.42 Å². The fraction of sp³-hybridized carbons (Fsp3) is 1.00. The van der Waals surface area contributed by atoms with E-state index in [1.807, 2.05) is 6.92 Å². The Hall–Kier alpha value is -0.170. The van der Waals surface area contributed by atoms with Gasteiger partial charge in [0.05, 0.1) is 0 Å². The van der Waals surface area contributed by atoms with Crippen molar-refractivity contribution in [3.05, 3.63) is 0 Å². The summed E-state index contributed by atoms with van der Waals surface area (Å²) in [6.45, 7) is 4.99. The summed E-state index contributed by atoms with van der Waals surface area (Å²) in [6, 6.07) is 0. The van der Waals surface area contributed by atoms with E-state index >= 15 is 0 Å². The Morgan fingerprint density at radius 2 is 1.93 bits per heavy atom. The molecule has 0 amide bonds. The molecule has 0 saturated carbocycles. The third kappa shape index (κ3) is 5.46. The Morgan fingerprint density at radius 3 is 2.53 bits per heavy atom. The first-order chi connectivity index (χ1) is 7.14. The maximum absolute atomic E-state index is 11.4. The maximum Gasteiger partial charge on any atom is 0.276 e. The summed E-state index contributed by atoms with van der Waals surface area (Å²) in [5, 5.41) is 3.25. The van der Waals surface area contributed by atoms with E-state index in [1.165, 1.54) is 0 Å². The molecule has 90 valence electrons. The molecule has 6 heteroatoms. The number of hydrogen-bond acceptors (Lipinski definition) is 3. The van der Waals surface area contributed by atoms with Gasteiger partial charge >= 0.3 is 0 Å². The van der Waals surface area contributed by atoms with Crippen molar-refractivity contribution in [1.29, 1.82) is 0 Å². The molecule has 1 aliphatic rings. The van der Waals surface area contributed by atoms with E-state index in [2.05, 4.69) is 14.8 Å². The van der Waals surface area contributed by atoms with Gasteiger partial charge in [-0.1, -0.05) is 6.92 Å². The third-order valence-corrected chi connectivity index (χ3v) is 3.69. The van der Waals surface area contributed by atoms with Crippen molar-refractivity contribution in [3.8, 4) is 0 Å². The molecule has 1 saturated heterocycles. The average Bonchev–Trinajstić information content (AvgIpc) is 2.25. The summed E-state index contributed by atoms with van der Waals surface area (Å²) in [6.07, 6.45) is 2.92. The molecule has 15 heavy (non-hydrogen) atoms. The van der Waals surface area contributed by atoms with Gasteiger partial charge in [-0.05, 0) is 38.3 Å². The zero-order chi connectivity index (χ0) is 11.1. The molecule has 0 aromatic heterocycles. The molecule has 0 atom stereocenters. The quantitative estimate of drug-likeness (QED) is 0.598. The highest BCUT2D eigenvalue weighted by Crippen LogP contribution is 2.09. The molecular formula is C9H21N3O2S. The van der Waals surface area contributed by atoms with Crippen LogP contribution in [0.4, 0.5) is 0 Å². The van der Waals surface area contributed by atoms with Crippen molar-refractivity contribution >= 4 is 10.2 Å². The lowest BCUT2D eigenvalue weighted by Crippen LogP contribution is -2.41. The number of hydrogen-bond donors (Lipinski definition) is 3. The molecule has 0 aliphatic carbocycles. The predicted molar refractivity (Wildman–Crippen MR) is 60.8 cm³/mol. The van der Waals surface area contributed by atoms with Crippen molar-refractivity contribution < 1.29 is 8.42 Å². The third-order valence-electron chi connectivity index (χ3n) is 2.56. The van der Waals surface area contributed by atoms with E-state index in [1.54, 1.807) is 0 Å². The van der Waals surface area contributed by atoms with Crippen LogP contribution in [0.1, 0.15) is 26.2 Å². The Balaban J connectivity index is 2.22. The van der Waals surface area contributed by atoms with Crippen LogP contribution in [0.15, 0.2) is 0 Å². The van der Waals surface area contributed by atoms with E-state index in [4.69, 9.17) is 0 Å². The lowest BCUT2D eigenvalue weighted by atomic mass is 9.99. The van der Waals surface area contributed by atoms with Crippen molar-refractivity contribution in [2.45, 2.75) is 26.2 Å². The van der Waals surface area contributed by atoms with Gasteiger partial charge in [-0.2, -0.15) is 8.42 Å². The number of rotatable bonds is 6. The predicted octanol–water partition coefficient (Wildman–Crippen LogP) is -0.180. The molecule has 1 rings (SSSR count). The highest BCUT2D eigenvalue weighted by atomic mass is 32.2. The van der Waals surface area contributed by atoms with Crippen molar-refractivity contribution in [2.75, 3.05) is 26.2 Å². The van der Waals surface area contributed by atoms with Crippen LogP contribution in [-0.2, 0) is 10.2 Å². The standard InChI is InChI=1S/C9H21N3O2S/c1-2-5-11-15(13,14)12-8-9-3-6-10-7-4-9/h9-12H,2-8H2,1H3. The van der Waals surface area contributed by atoms with Gasteiger partial charge in [0.1, 0.15) is 0 Å². The molecule has 0 unspecified atom stereocenters. The number of nitrogens with one attached hydrogen (secondary N) is 3. The summed E-state index contributed by atoms with van der Waals surface area (Å²) >= 11 is 0. The molecule has 1 aliphatic heterocycles. The van der Waals surface area contributed by atoms with Crippen LogP contribution in [0.3, 0.4) is 0 Å². The Bertz CT molecular complexity index is 261. The topological polar surface area (TPSA) is 70.2 Å². The van der Waals surface area contributed by atoms with Gasteiger partial charge in [0.15, 0.2) is 0 Å². The summed E-state index contributed by atoms with van der Waals surface area (Å²) in [7, 11) is -3.26. The van der Waals surface area contributed by atoms with Crippen LogP contribution in [0.5, 0.6) is 0 Å². The molecule has 0 bridgehead atoms. The van der Waals surface area contributed by atoms with Crippen LogP contribution in [0, 0.1) is 5.92 Å². The van der Waals surface area contributed by atoms with Crippen LogP contribution < -0.4 is 14.8 Å². The van der Waals surface area contributed by atoms with Gasteiger partial charge in [0.2, 0.25) is 0 Å². The van der Waals surface area contributed by atoms with Gasteiger partial charge in [0.25, 0.3) is 10.2 Å². The SMILES string of the molecule is CCCNS(=O)(=O)NCC1CCNCC1. The second-order valence-corrected chi connectivity index (χ2v) is 5.52. The van der Waals surface area contributed by atoms with Gasteiger partial charge in [-0.25, -0.2) is 9.44 Å². The fourth-order valence-corrected chi connectivity index (χ4v) is 2.63. The van der Waals surface area contributed by atoms with Gasteiger partial charge in [0, 0.05) is 13.1 Å². The molecule has 1 heterocycles. The first kappa shape index (κ1) is 12.9. The van der Waals surface area contributed by atoms with Crippen LogP contribution in [-0.4, -0.2) is 34.6 Å². The first-order valence-electron chi connectivity index (χ1n) is 5.59. The van der Waals surface area contributed by atoms with Gasteiger partial charge in [-0.15, -0.1) is 0 Å². The molecule has 3 N–H and O–H groups in total. The minimum atomic E-state index is -3.26. The second-order valence-electron chi connectivity index (χ2n) is 3.94. The van der Waals surface area contributed by atoms with Crippen LogP contribution >= 0.6 is 0 Å². The van der Waals surface area contributed by atoms with E-state index in [0.717, 1.165) is 32.4 Å². The summed E-state index contributed by atoms with van der Waals surface area (Å²) in [4.78, 5) is 0. The average molecular weight is 235 g/mol. The zero-order valence-electron chi connectivity index (χ0n) is 9.25. The zero-order valence-corrected chi connectivity index (χ0v) is 10.1. The highest BCUT2D eigenvalue weighted by Gasteiger charge is 2.15. The normalized spacial score (nSPS) is 19.3. The van der Waals surface area contributed by atoms with Crippen LogP contribution in [0.2, 0.25) is 0 Å².